The maximum Gasteiger partial charge on any atom is 0.410 e. The van der Waals surface area contributed by atoms with Crippen molar-refractivity contribution in [2.45, 2.75) is 83.7 Å². The lowest BCUT2D eigenvalue weighted by molar-refractivity contribution is -0.141. The van der Waals surface area contributed by atoms with Crippen LogP contribution in [0.1, 0.15) is 83.6 Å². The second-order valence-corrected chi connectivity index (χ2v) is 12.4. The van der Waals surface area contributed by atoms with E-state index in [-0.39, 0.29) is 43.2 Å². The number of Topliss-reactive ketones (excluding diaryl/α,β-unsaturated/α-hetero) is 1. The monoisotopic (exact) mass is 589 g/mol. The molecule has 2 saturated heterocycles. The first-order valence-corrected chi connectivity index (χ1v) is 15.1. The third-order valence-electron chi connectivity index (χ3n) is 8.03. The summed E-state index contributed by atoms with van der Waals surface area (Å²) in [6.07, 6.45) is 4.23. The summed E-state index contributed by atoms with van der Waals surface area (Å²) in [6.45, 7) is 7.17. The summed E-state index contributed by atoms with van der Waals surface area (Å²) in [5.74, 6) is -0.171. The molecule has 0 aromatic heterocycles. The van der Waals surface area contributed by atoms with Crippen LogP contribution in [0.5, 0.6) is 5.75 Å². The molecule has 0 N–H and O–H groups in total. The number of carbonyl (C=O) groups excluding carboxylic acids is 4. The van der Waals surface area contributed by atoms with Gasteiger partial charge in [-0.1, -0.05) is 12.1 Å². The lowest BCUT2D eigenvalue weighted by Gasteiger charge is -2.35. The van der Waals surface area contributed by atoms with Crippen molar-refractivity contribution >= 4 is 23.8 Å². The van der Waals surface area contributed by atoms with Crippen molar-refractivity contribution < 1.29 is 37.8 Å². The van der Waals surface area contributed by atoms with Gasteiger partial charge in [-0.25, -0.2) is 9.18 Å². The van der Waals surface area contributed by atoms with Gasteiger partial charge in [-0.3, -0.25) is 14.4 Å². The molecule has 1 aromatic carbocycles. The molecular formula is C32H47FN2O7. The number of piperidine rings is 2. The summed E-state index contributed by atoms with van der Waals surface area (Å²) in [5, 5.41) is 0. The zero-order valence-electron chi connectivity index (χ0n) is 25.6. The highest BCUT2D eigenvalue weighted by atomic mass is 18.2. The number of hydrogen-bond acceptors (Lipinski definition) is 7. The molecule has 2 aliphatic rings. The van der Waals surface area contributed by atoms with Gasteiger partial charge in [0.15, 0.2) is 0 Å². The number of halogens is 1. The molecule has 1 aromatic rings. The Bertz CT molecular complexity index is 1070. The minimum atomic E-state index is -0.613. The number of hydrogen-bond donors (Lipinski definition) is 0. The van der Waals surface area contributed by atoms with Crippen LogP contribution in [-0.4, -0.2) is 85.7 Å². The molecule has 2 fully saturated rings. The van der Waals surface area contributed by atoms with Gasteiger partial charge in [-0.15, -0.1) is 0 Å². The Morgan fingerprint density at radius 1 is 1.02 bits per heavy atom. The Morgan fingerprint density at radius 2 is 1.76 bits per heavy atom. The number of methoxy groups -OCH3 is 1. The number of ether oxygens (including phenoxy) is 3. The van der Waals surface area contributed by atoms with Crippen LogP contribution >= 0.6 is 0 Å². The van der Waals surface area contributed by atoms with E-state index in [9.17, 15) is 23.6 Å². The van der Waals surface area contributed by atoms with Crippen LogP contribution in [0.4, 0.5) is 9.18 Å². The van der Waals surface area contributed by atoms with Crippen LogP contribution in [0, 0.1) is 11.8 Å². The van der Waals surface area contributed by atoms with Gasteiger partial charge in [-0.05, 0) is 76.5 Å². The average Bonchev–Trinajstić information content (AvgIpc) is 2.97. The van der Waals surface area contributed by atoms with Gasteiger partial charge in [0.1, 0.15) is 30.4 Å². The SMILES string of the molecule is COC(=O)C[C@H](CC(=O)[C@@H]1CCCN(C(=O)CCC2CCN(C(=O)OC(C)(C)C)CC2)C1)c1cccc(OCC[18F])c1. The molecular weight excluding hydrogens is 542 g/mol. The van der Waals surface area contributed by atoms with E-state index in [1.807, 2.05) is 31.7 Å². The molecule has 0 spiro atoms. The van der Waals surface area contributed by atoms with E-state index < -0.39 is 24.2 Å². The van der Waals surface area contributed by atoms with E-state index in [4.69, 9.17) is 14.2 Å². The lowest BCUT2D eigenvalue weighted by Crippen LogP contribution is -2.43. The fraction of sp³-hybridized carbons (Fsp3) is 0.688. The summed E-state index contributed by atoms with van der Waals surface area (Å²) in [5.41, 5.74) is 0.235. The molecule has 42 heavy (non-hydrogen) atoms. The highest BCUT2D eigenvalue weighted by molar-refractivity contribution is 5.84. The van der Waals surface area contributed by atoms with Crippen molar-refractivity contribution in [3.8, 4) is 5.75 Å². The van der Waals surface area contributed by atoms with Gasteiger partial charge in [0.25, 0.3) is 0 Å². The molecule has 0 saturated carbocycles. The Balaban J connectivity index is 1.51. The molecule has 2 atom stereocenters. The van der Waals surface area contributed by atoms with E-state index in [2.05, 4.69) is 0 Å². The van der Waals surface area contributed by atoms with Crippen LogP contribution < -0.4 is 4.74 Å². The molecule has 10 heteroatoms. The van der Waals surface area contributed by atoms with Crippen LogP contribution in [0.2, 0.25) is 0 Å². The second-order valence-electron chi connectivity index (χ2n) is 12.4. The third-order valence-corrected chi connectivity index (χ3v) is 8.03. The molecule has 2 aliphatic heterocycles. The summed E-state index contributed by atoms with van der Waals surface area (Å²) < 4.78 is 28.3. The summed E-state index contributed by atoms with van der Waals surface area (Å²) in [7, 11) is 1.32. The van der Waals surface area contributed by atoms with Crippen molar-refractivity contribution in [3.05, 3.63) is 29.8 Å². The third kappa shape index (κ3) is 10.6. The zero-order chi connectivity index (χ0) is 30.7. The van der Waals surface area contributed by atoms with E-state index in [1.165, 1.54) is 7.11 Å². The minimum Gasteiger partial charge on any atom is -0.491 e. The number of rotatable bonds is 12. The van der Waals surface area contributed by atoms with Gasteiger partial charge < -0.3 is 24.0 Å². The van der Waals surface area contributed by atoms with Crippen LogP contribution in [-0.2, 0) is 23.9 Å². The van der Waals surface area contributed by atoms with Gasteiger partial charge in [0.2, 0.25) is 5.91 Å². The number of esters is 1. The predicted molar refractivity (Wildman–Crippen MR) is 156 cm³/mol. The van der Waals surface area contributed by atoms with Gasteiger partial charge in [-0.2, -0.15) is 0 Å². The highest BCUT2D eigenvalue weighted by Gasteiger charge is 2.32. The van der Waals surface area contributed by atoms with Gasteiger partial charge in [0.05, 0.1) is 13.5 Å². The topological polar surface area (TPSA) is 102 Å². The van der Waals surface area contributed by atoms with E-state index in [0.29, 0.717) is 50.7 Å². The predicted octanol–water partition coefficient (Wildman–Crippen LogP) is 5.31. The summed E-state index contributed by atoms with van der Waals surface area (Å²) in [4.78, 5) is 54.6. The molecule has 0 unspecified atom stereocenters. The standard InChI is InChI=1S/C32H47FN2O7/c1-32(2,3)42-31(39)34-16-12-23(13-17-34)10-11-29(37)35-15-6-8-25(22-35)28(36)20-26(21-30(38)40-4)24-7-5-9-27(19-24)41-18-14-33/h5,7,9,19,23,25-26H,6,8,10-18,20-22H2,1-4H3/t25-,26+/m1/s1/i33-1. The molecule has 234 valence electrons. The normalized spacial score (nSPS) is 18.7. The van der Waals surface area contributed by atoms with E-state index in [0.717, 1.165) is 31.2 Å². The number of benzene rings is 1. The van der Waals surface area contributed by atoms with Crippen LogP contribution in [0.25, 0.3) is 0 Å². The molecule has 3 rings (SSSR count). The van der Waals surface area contributed by atoms with Crippen LogP contribution in [0.15, 0.2) is 24.3 Å². The average molecular weight is 590 g/mol. The Labute approximate surface area is 249 Å². The largest absolute Gasteiger partial charge is 0.491 e. The Kier molecular flexibility index (Phi) is 12.6. The molecule has 0 aliphatic carbocycles. The number of nitrogens with zero attached hydrogens (tertiary/aromatic N) is 2. The van der Waals surface area contributed by atoms with E-state index in [1.54, 1.807) is 23.1 Å². The quantitative estimate of drug-likeness (QED) is 0.305. The minimum absolute atomic E-state index is 0.0194. The fourth-order valence-electron chi connectivity index (χ4n) is 5.70. The first-order valence-electron chi connectivity index (χ1n) is 15.1. The van der Waals surface area contributed by atoms with Crippen molar-refractivity contribution in [3.63, 3.8) is 0 Å². The Hall–Kier alpha value is -3.17. The number of carbonyl (C=O) groups is 4. The molecule has 2 heterocycles. The second kappa shape index (κ2) is 15.9. The fourth-order valence-corrected chi connectivity index (χ4v) is 5.70. The van der Waals surface area contributed by atoms with Crippen molar-refractivity contribution in [1.29, 1.82) is 0 Å². The van der Waals surface area contributed by atoms with Crippen molar-refractivity contribution in [1.82, 2.24) is 9.80 Å². The summed E-state index contributed by atoms with van der Waals surface area (Å²) in [6, 6.07) is 7.05. The van der Waals surface area contributed by atoms with Crippen molar-refractivity contribution in [2.75, 3.05) is 46.6 Å². The van der Waals surface area contributed by atoms with Crippen LogP contribution in [0.3, 0.4) is 0 Å². The number of likely N-dealkylation sites (tertiary alicyclic amines) is 2. The van der Waals surface area contributed by atoms with Gasteiger partial charge in [0, 0.05) is 50.9 Å². The maximum absolute atomic E-state index is 13.4. The zero-order valence-corrected chi connectivity index (χ0v) is 25.6. The molecule has 0 radical (unpaired) electrons. The first-order chi connectivity index (χ1) is 20.0. The number of amides is 2. The lowest BCUT2D eigenvalue weighted by atomic mass is 9.84. The molecule has 2 amide bonds. The molecule has 0 bridgehead atoms. The number of ketones is 1. The van der Waals surface area contributed by atoms with Crippen molar-refractivity contribution in [2.24, 2.45) is 11.8 Å². The molecule has 9 nitrogen and oxygen atoms in total. The maximum atomic E-state index is 13.4. The smallest absolute Gasteiger partial charge is 0.410 e. The van der Waals surface area contributed by atoms with E-state index >= 15 is 0 Å². The van der Waals surface area contributed by atoms with Gasteiger partial charge >= 0.3 is 12.1 Å². The summed E-state index contributed by atoms with van der Waals surface area (Å²) >= 11 is 0. The highest BCUT2D eigenvalue weighted by Crippen LogP contribution is 2.31. The Morgan fingerprint density at radius 3 is 2.43 bits per heavy atom. The number of alkyl halides is 1. The first kappa shape index (κ1) is 33.3.